The number of hydrogen-bond donors (Lipinski definition) is 1. The van der Waals surface area contributed by atoms with E-state index in [0.717, 1.165) is 5.56 Å². The molecule has 37 heavy (non-hydrogen) atoms. The van der Waals surface area contributed by atoms with Gasteiger partial charge in [-0.3, -0.25) is 0 Å². The molecule has 6 nitrogen and oxygen atoms in total. The lowest BCUT2D eigenvalue weighted by atomic mass is 9.79. The molecule has 4 atom stereocenters. The number of benzene rings is 2. The van der Waals surface area contributed by atoms with Gasteiger partial charge in [0.2, 0.25) is 0 Å². The van der Waals surface area contributed by atoms with Gasteiger partial charge in [0, 0.05) is 25.9 Å². The van der Waals surface area contributed by atoms with E-state index in [-0.39, 0.29) is 24.2 Å². The molecule has 0 radical (unpaired) electrons. The molecule has 2 heterocycles. The van der Waals surface area contributed by atoms with Crippen LogP contribution >= 0.6 is 0 Å². The van der Waals surface area contributed by atoms with Crippen LogP contribution in [0.15, 0.2) is 48.5 Å². The number of anilines is 1. The van der Waals surface area contributed by atoms with Gasteiger partial charge in [-0.15, -0.1) is 5.10 Å². The number of aromatic nitrogens is 3. The zero-order valence-corrected chi connectivity index (χ0v) is 20.3. The molecule has 2 aromatic carbocycles. The van der Waals surface area contributed by atoms with Crippen molar-refractivity contribution in [3.63, 3.8) is 0 Å². The van der Waals surface area contributed by atoms with Crippen molar-refractivity contribution >= 4 is 5.82 Å². The van der Waals surface area contributed by atoms with Crippen LogP contribution < -0.4 is 4.90 Å². The molecular formula is C25H26F6N4O2. The second-order valence-electron chi connectivity index (χ2n) is 9.12. The molecule has 12 heteroatoms. The summed E-state index contributed by atoms with van der Waals surface area (Å²) in [4.78, 5) is 1.80. The summed E-state index contributed by atoms with van der Waals surface area (Å²) in [6, 6.07) is 10.7. The second kappa shape index (κ2) is 10.3. The van der Waals surface area contributed by atoms with Crippen LogP contribution in [0.3, 0.4) is 0 Å². The Balaban J connectivity index is 1.71. The fourth-order valence-electron chi connectivity index (χ4n) is 4.58. The predicted octanol–water partition coefficient (Wildman–Crippen LogP) is 6.30. The lowest BCUT2D eigenvalue weighted by molar-refractivity contribution is -0.202. The molecule has 3 aromatic rings. The van der Waals surface area contributed by atoms with Crippen LogP contribution in [-0.2, 0) is 21.8 Å². The highest BCUT2D eigenvalue weighted by Gasteiger charge is 2.42. The number of halogens is 6. The van der Waals surface area contributed by atoms with Crippen molar-refractivity contribution in [2.45, 2.75) is 49.9 Å². The van der Waals surface area contributed by atoms with Crippen LogP contribution in [0.5, 0.6) is 0 Å². The van der Waals surface area contributed by atoms with Gasteiger partial charge < -0.3 is 14.4 Å². The van der Waals surface area contributed by atoms with E-state index >= 15 is 0 Å². The third kappa shape index (κ3) is 5.90. The van der Waals surface area contributed by atoms with Crippen molar-refractivity contribution in [1.82, 2.24) is 15.4 Å². The van der Waals surface area contributed by atoms with Gasteiger partial charge in [-0.05, 0) is 42.7 Å². The molecule has 1 N–H and O–H groups in total. The number of alkyl halides is 6. The quantitative estimate of drug-likeness (QED) is 0.381. The van der Waals surface area contributed by atoms with Gasteiger partial charge in [-0.2, -0.15) is 36.7 Å². The molecule has 0 amide bonds. The van der Waals surface area contributed by atoms with Gasteiger partial charge in [0.15, 0.2) is 12.1 Å². The standard InChI is InChI=1S/C25H26F6N4O2/c1-14(16-11-17(24(26,27)28)13-18(12-16)25(29,30)31)37-23-20(15-7-5-4-6-8-15)19(9-10-36-23)21-22(35(2)3)33-34-32-21/h4-8,11-14,19-20,23H,9-10H2,1-3H3,(H,32,33,34). The van der Waals surface area contributed by atoms with Crippen LogP contribution in [0.4, 0.5) is 32.2 Å². The van der Waals surface area contributed by atoms with Crippen molar-refractivity contribution in [2.24, 2.45) is 0 Å². The lowest BCUT2D eigenvalue weighted by Gasteiger charge is -2.39. The average molecular weight is 528 g/mol. The Bertz CT molecular complexity index is 1160. The predicted molar refractivity (Wildman–Crippen MR) is 123 cm³/mol. The van der Waals surface area contributed by atoms with E-state index in [0.29, 0.717) is 30.1 Å². The fourth-order valence-corrected chi connectivity index (χ4v) is 4.58. The van der Waals surface area contributed by atoms with Gasteiger partial charge >= 0.3 is 12.4 Å². The van der Waals surface area contributed by atoms with E-state index in [1.807, 2.05) is 44.4 Å². The number of H-pyrrole nitrogens is 1. The molecule has 0 saturated carbocycles. The van der Waals surface area contributed by atoms with Crippen molar-refractivity contribution in [2.75, 3.05) is 25.6 Å². The van der Waals surface area contributed by atoms with E-state index in [2.05, 4.69) is 15.4 Å². The van der Waals surface area contributed by atoms with E-state index in [1.54, 1.807) is 4.90 Å². The van der Waals surface area contributed by atoms with Crippen LogP contribution in [0.25, 0.3) is 0 Å². The Morgan fingerprint density at radius 2 is 1.59 bits per heavy atom. The highest BCUT2D eigenvalue weighted by Crippen LogP contribution is 2.46. The molecule has 1 aliphatic heterocycles. The van der Waals surface area contributed by atoms with E-state index < -0.39 is 41.8 Å². The number of rotatable bonds is 6. The number of aromatic amines is 1. The smallest absolute Gasteiger partial charge is 0.360 e. The van der Waals surface area contributed by atoms with Crippen LogP contribution in [0, 0.1) is 0 Å². The van der Waals surface area contributed by atoms with Crippen molar-refractivity contribution in [3.8, 4) is 0 Å². The van der Waals surface area contributed by atoms with Crippen LogP contribution in [0.2, 0.25) is 0 Å². The molecule has 1 aromatic heterocycles. The molecule has 1 aliphatic rings. The molecule has 0 spiro atoms. The SMILES string of the molecule is CC(OC1OCCC(c2n[nH]nc2N(C)C)C1c1ccccc1)c1cc(C(F)(F)F)cc(C(F)(F)F)c1. The minimum atomic E-state index is -4.95. The molecule has 4 rings (SSSR count). The first kappa shape index (κ1) is 26.9. The maximum Gasteiger partial charge on any atom is 0.416 e. The largest absolute Gasteiger partial charge is 0.416 e. The Hall–Kier alpha value is -3.12. The summed E-state index contributed by atoms with van der Waals surface area (Å²) < 4.78 is 92.4. The van der Waals surface area contributed by atoms with Crippen LogP contribution in [-0.4, -0.2) is 42.4 Å². The summed E-state index contributed by atoms with van der Waals surface area (Å²) in [5.41, 5.74) is -1.55. The summed E-state index contributed by atoms with van der Waals surface area (Å²) in [5, 5.41) is 11.2. The summed E-state index contributed by atoms with van der Waals surface area (Å²) >= 11 is 0. The van der Waals surface area contributed by atoms with Gasteiger partial charge in [0.25, 0.3) is 0 Å². The first-order valence-corrected chi connectivity index (χ1v) is 11.6. The van der Waals surface area contributed by atoms with E-state index in [9.17, 15) is 26.3 Å². The summed E-state index contributed by atoms with van der Waals surface area (Å²) in [6.07, 6.45) is -11.5. The maximum absolute atomic E-state index is 13.4. The molecule has 1 fully saturated rings. The van der Waals surface area contributed by atoms with Gasteiger partial charge in [-0.1, -0.05) is 30.3 Å². The number of hydrogen-bond acceptors (Lipinski definition) is 5. The highest BCUT2D eigenvalue weighted by molar-refractivity contribution is 5.44. The normalized spacial score (nSPS) is 21.6. The Labute approximate surface area is 209 Å². The highest BCUT2D eigenvalue weighted by atomic mass is 19.4. The lowest BCUT2D eigenvalue weighted by Crippen LogP contribution is -2.37. The van der Waals surface area contributed by atoms with Crippen LogP contribution in [0.1, 0.15) is 59.2 Å². The third-order valence-electron chi connectivity index (χ3n) is 6.37. The Morgan fingerprint density at radius 3 is 2.16 bits per heavy atom. The first-order chi connectivity index (χ1) is 17.4. The molecule has 0 aliphatic carbocycles. The fraction of sp³-hybridized carbons (Fsp3) is 0.440. The Kier molecular flexibility index (Phi) is 7.52. The van der Waals surface area contributed by atoms with Gasteiger partial charge in [-0.25, -0.2) is 0 Å². The summed E-state index contributed by atoms with van der Waals surface area (Å²) in [7, 11) is 3.64. The number of ether oxygens (including phenoxy) is 2. The first-order valence-electron chi connectivity index (χ1n) is 11.6. The van der Waals surface area contributed by atoms with Gasteiger partial charge in [0.1, 0.15) is 5.69 Å². The molecular weight excluding hydrogens is 502 g/mol. The summed E-state index contributed by atoms with van der Waals surface area (Å²) in [5.74, 6) is -0.0712. The second-order valence-corrected chi connectivity index (χ2v) is 9.12. The van der Waals surface area contributed by atoms with Crippen molar-refractivity contribution in [1.29, 1.82) is 0 Å². The maximum atomic E-state index is 13.4. The topological polar surface area (TPSA) is 63.3 Å². The van der Waals surface area contributed by atoms with Crippen molar-refractivity contribution in [3.05, 3.63) is 76.5 Å². The minimum Gasteiger partial charge on any atom is -0.360 e. The molecule has 0 bridgehead atoms. The zero-order chi connectivity index (χ0) is 27.0. The van der Waals surface area contributed by atoms with E-state index in [4.69, 9.17) is 9.47 Å². The van der Waals surface area contributed by atoms with Gasteiger partial charge in [0.05, 0.1) is 23.8 Å². The van der Waals surface area contributed by atoms with E-state index in [1.165, 1.54) is 6.92 Å². The summed E-state index contributed by atoms with van der Waals surface area (Å²) in [6.45, 7) is 1.66. The van der Waals surface area contributed by atoms with Crippen molar-refractivity contribution < 1.29 is 35.8 Å². The molecule has 1 saturated heterocycles. The average Bonchev–Trinajstić information content (AvgIpc) is 3.33. The minimum absolute atomic E-state index is 0.101. The monoisotopic (exact) mass is 528 g/mol. The molecule has 4 unspecified atom stereocenters. The zero-order valence-electron chi connectivity index (χ0n) is 20.3. The Morgan fingerprint density at radius 1 is 0.973 bits per heavy atom. The number of nitrogens with one attached hydrogen (secondary N) is 1. The molecule has 200 valence electrons. The third-order valence-corrected chi connectivity index (χ3v) is 6.37. The number of nitrogens with zero attached hydrogens (tertiary/aromatic N) is 3.